The average Bonchev–Trinajstić information content (AvgIpc) is 2.29. The summed E-state index contributed by atoms with van der Waals surface area (Å²) in [6.07, 6.45) is 2.41. The summed E-state index contributed by atoms with van der Waals surface area (Å²) < 4.78 is 37.3. The van der Waals surface area contributed by atoms with Gasteiger partial charge in [-0.1, -0.05) is 3.77 Å². The van der Waals surface area contributed by atoms with E-state index in [-0.39, 0.29) is 5.16 Å². The van der Waals surface area contributed by atoms with Gasteiger partial charge >= 0.3 is 9.24 Å². The third kappa shape index (κ3) is 2.66. The van der Waals surface area contributed by atoms with Gasteiger partial charge in [-0.3, -0.25) is 0 Å². The Labute approximate surface area is 85.8 Å². The van der Waals surface area contributed by atoms with E-state index in [9.17, 15) is 12.6 Å². The van der Waals surface area contributed by atoms with E-state index in [1.807, 2.05) is 0 Å². The van der Waals surface area contributed by atoms with Crippen LogP contribution < -0.4 is 0 Å². The molecule has 0 aliphatic carbocycles. The SMILES string of the molecule is Cn1cnnc1S(C)(=O)=NS(=O)(=O)Cl. The Bertz CT molecular complexity index is 553. The molecule has 0 N–H and O–H groups in total. The Morgan fingerprint density at radius 3 is 2.43 bits per heavy atom. The molecule has 1 rings (SSSR count). The van der Waals surface area contributed by atoms with Gasteiger partial charge in [0.1, 0.15) is 16.1 Å². The van der Waals surface area contributed by atoms with Crippen molar-refractivity contribution in [2.24, 2.45) is 10.8 Å². The molecule has 1 unspecified atom stereocenters. The van der Waals surface area contributed by atoms with Gasteiger partial charge in [0.2, 0.25) is 5.16 Å². The monoisotopic (exact) mass is 258 g/mol. The fourth-order valence-electron chi connectivity index (χ4n) is 0.819. The van der Waals surface area contributed by atoms with Crippen molar-refractivity contribution in [3.05, 3.63) is 6.33 Å². The fourth-order valence-corrected chi connectivity index (χ4v) is 4.19. The largest absolute Gasteiger partial charge is 0.347 e. The van der Waals surface area contributed by atoms with Gasteiger partial charge in [0, 0.05) is 24.0 Å². The number of aryl methyl sites for hydroxylation is 1. The second-order valence-corrected chi connectivity index (χ2v) is 7.07. The number of hydrogen-bond acceptors (Lipinski definition) is 5. The third-order valence-corrected chi connectivity index (χ3v) is 4.64. The molecule has 80 valence electrons. The lowest BCUT2D eigenvalue weighted by atomic mass is 11.1. The average molecular weight is 259 g/mol. The lowest BCUT2D eigenvalue weighted by Crippen LogP contribution is -2.07. The fraction of sp³-hybridized carbons (Fsp3) is 0.500. The molecule has 0 aliphatic rings. The third-order valence-electron chi connectivity index (χ3n) is 1.24. The quantitative estimate of drug-likeness (QED) is 0.682. The molecule has 1 atom stereocenters. The lowest BCUT2D eigenvalue weighted by molar-refractivity contribution is 0.610. The Morgan fingerprint density at radius 2 is 2.07 bits per heavy atom. The minimum Gasteiger partial charge on any atom is -0.309 e. The van der Waals surface area contributed by atoms with E-state index in [0.717, 1.165) is 6.26 Å². The zero-order valence-electron chi connectivity index (χ0n) is 7.29. The maximum absolute atomic E-state index is 11.7. The van der Waals surface area contributed by atoms with Gasteiger partial charge in [0.15, 0.2) is 0 Å². The van der Waals surface area contributed by atoms with E-state index in [1.54, 1.807) is 0 Å². The summed E-state index contributed by atoms with van der Waals surface area (Å²) in [4.78, 5) is 0. The van der Waals surface area contributed by atoms with Crippen LogP contribution in [0.5, 0.6) is 0 Å². The van der Waals surface area contributed by atoms with Gasteiger partial charge in [-0.05, 0) is 0 Å². The van der Waals surface area contributed by atoms with Crippen LogP contribution in [0.25, 0.3) is 0 Å². The maximum atomic E-state index is 11.7. The van der Waals surface area contributed by atoms with Crippen molar-refractivity contribution in [2.75, 3.05) is 6.26 Å². The van der Waals surface area contributed by atoms with Gasteiger partial charge in [0.25, 0.3) is 0 Å². The summed E-state index contributed by atoms with van der Waals surface area (Å²) in [5.41, 5.74) is 0. The summed E-state index contributed by atoms with van der Waals surface area (Å²) >= 11 is 0. The summed E-state index contributed by atoms with van der Waals surface area (Å²) in [5.74, 6) is 0. The van der Waals surface area contributed by atoms with Crippen molar-refractivity contribution < 1.29 is 12.6 Å². The molecule has 7 nitrogen and oxygen atoms in total. The van der Waals surface area contributed by atoms with Crippen molar-refractivity contribution in [3.63, 3.8) is 0 Å². The van der Waals surface area contributed by atoms with Crippen LogP contribution in [-0.4, -0.2) is 33.6 Å². The number of rotatable bonds is 2. The van der Waals surface area contributed by atoms with Crippen molar-refractivity contribution in [1.82, 2.24) is 14.8 Å². The smallest absolute Gasteiger partial charge is 0.309 e. The second-order valence-electron chi connectivity index (χ2n) is 2.51. The molecule has 0 saturated heterocycles. The second kappa shape index (κ2) is 3.48. The first-order valence-corrected chi connectivity index (χ1v) is 7.43. The van der Waals surface area contributed by atoms with Gasteiger partial charge in [-0.15, -0.1) is 10.2 Å². The Kier molecular flexibility index (Phi) is 2.83. The molecule has 14 heavy (non-hydrogen) atoms. The molecule has 0 aliphatic heterocycles. The van der Waals surface area contributed by atoms with Gasteiger partial charge in [-0.2, -0.15) is 8.42 Å². The topological polar surface area (TPSA) is 94.3 Å². The van der Waals surface area contributed by atoms with Crippen LogP contribution in [0.1, 0.15) is 0 Å². The molecule has 0 spiro atoms. The van der Waals surface area contributed by atoms with Crippen LogP contribution in [0.2, 0.25) is 0 Å². The molecular formula is C4H7ClN4O3S2. The molecular weight excluding hydrogens is 252 g/mol. The number of hydrogen-bond donors (Lipinski definition) is 0. The van der Waals surface area contributed by atoms with Gasteiger partial charge < -0.3 is 4.57 Å². The van der Waals surface area contributed by atoms with Crippen LogP contribution in [-0.2, 0) is 26.0 Å². The van der Waals surface area contributed by atoms with Crippen molar-refractivity contribution in [1.29, 1.82) is 0 Å². The van der Waals surface area contributed by atoms with E-state index < -0.39 is 19.0 Å². The first-order valence-electron chi connectivity index (χ1n) is 3.24. The van der Waals surface area contributed by atoms with Crippen molar-refractivity contribution >= 4 is 29.6 Å². The van der Waals surface area contributed by atoms with Crippen molar-refractivity contribution in [2.45, 2.75) is 5.16 Å². The Hall–Kier alpha value is -0.670. The van der Waals surface area contributed by atoms with E-state index in [2.05, 4.69) is 14.0 Å². The van der Waals surface area contributed by atoms with E-state index in [0.29, 0.717) is 0 Å². The van der Waals surface area contributed by atoms with Crippen LogP contribution in [0.3, 0.4) is 0 Å². The molecule has 0 aromatic carbocycles. The normalized spacial score (nSPS) is 16.2. The molecule has 0 fully saturated rings. The van der Waals surface area contributed by atoms with E-state index in [1.165, 1.54) is 17.9 Å². The molecule has 1 heterocycles. The summed E-state index contributed by atoms with van der Waals surface area (Å²) in [7, 11) is -0.966. The summed E-state index contributed by atoms with van der Waals surface area (Å²) in [5, 5.41) is 6.91. The van der Waals surface area contributed by atoms with Crippen molar-refractivity contribution in [3.8, 4) is 0 Å². The predicted molar refractivity (Wildman–Crippen MR) is 50.5 cm³/mol. The van der Waals surface area contributed by atoms with Gasteiger partial charge in [-0.25, -0.2) is 4.21 Å². The van der Waals surface area contributed by atoms with Crippen LogP contribution in [0.4, 0.5) is 0 Å². The predicted octanol–water partition coefficient (Wildman–Crippen LogP) is -0.245. The molecule has 0 amide bonds. The molecule has 1 aromatic heterocycles. The highest BCUT2D eigenvalue weighted by Crippen LogP contribution is 2.11. The Balaban J connectivity index is 3.44. The zero-order chi connectivity index (χ0) is 11.0. The van der Waals surface area contributed by atoms with E-state index >= 15 is 0 Å². The van der Waals surface area contributed by atoms with Crippen LogP contribution >= 0.6 is 10.7 Å². The Morgan fingerprint density at radius 1 is 1.50 bits per heavy atom. The molecule has 1 aromatic rings. The number of aromatic nitrogens is 3. The zero-order valence-corrected chi connectivity index (χ0v) is 9.67. The highest BCUT2D eigenvalue weighted by molar-refractivity contribution is 8.17. The van der Waals surface area contributed by atoms with E-state index in [4.69, 9.17) is 10.7 Å². The first-order chi connectivity index (χ1) is 6.22. The molecule has 10 heteroatoms. The highest BCUT2D eigenvalue weighted by atomic mass is 35.7. The van der Waals surface area contributed by atoms with Crippen LogP contribution in [0, 0.1) is 0 Å². The van der Waals surface area contributed by atoms with Gasteiger partial charge in [0.05, 0.1) is 0 Å². The minimum atomic E-state index is -4.18. The molecule has 0 radical (unpaired) electrons. The summed E-state index contributed by atoms with van der Waals surface area (Å²) in [6.45, 7) is 0. The lowest BCUT2D eigenvalue weighted by Gasteiger charge is -2.00. The van der Waals surface area contributed by atoms with Crippen LogP contribution in [0.15, 0.2) is 15.3 Å². The standard InChI is InChI=1S/C4H7ClN4O3S2/c1-9-3-6-7-4(9)13(2,10)8-14(5,11)12/h3H,1-2H3. The first kappa shape index (κ1) is 11.4. The number of halogens is 1. The maximum Gasteiger partial charge on any atom is 0.347 e. The number of nitrogens with zero attached hydrogens (tertiary/aromatic N) is 4. The molecule has 0 bridgehead atoms. The highest BCUT2D eigenvalue weighted by Gasteiger charge is 2.16. The minimum absolute atomic E-state index is 0.0401. The molecule has 0 saturated carbocycles. The summed E-state index contributed by atoms with van der Waals surface area (Å²) in [6, 6.07) is 0.